The number of aryl methyl sites for hydroxylation is 2. The number of aromatic amines is 1. The number of H-pyrrole nitrogens is 1. The first-order chi connectivity index (χ1) is 19.9. The van der Waals surface area contributed by atoms with E-state index in [1.54, 1.807) is 36.4 Å². The number of aromatic hydroxyl groups is 2. The highest BCUT2D eigenvalue weighted by molar-refractivity contribution is 6.01. The zero-order valence-corrected chi connectivity index (χ0v) is 23.3. The maximum Gasteiger partial charge on any atom is 0.161 e. The van der Waals surface area contributed by atoms with Crippen LogP contribution in [0.1, 0.15) is 79.7 Å². The van der Waals surface area contributed by atoms with Crippen LogP contribution in [0, 0.1) is 5.92 Å². The third kappa shape index (κ3) is 7.47. The topological polar surface area (TPSA) is 120 Å². The molecule has 3 unspecified atom stereocenters. The van der Waals surface area contributed by atoms with Crippen LogP contribution in [0.2, 0.25) is 0 Å². The number of ketones is 2. The molecule has 1 aromatic heterocycles. The van der Waals surface area contributed by atoms with Gasteiger partial charge in [-0.25, -0.2) is 0 Å². The normalized spacial score (nSPS) is 19.1. The standard InChI is InChI=1S/C34H39NO6/c36-24-5-3-4-22(18-24)8-11-25(37)20-30-28-16-17-35-31(28)14-13-29(30)33(40)21-26(38)12-9-23-10-15-32(39)34(19-23)41-27-6-1-2-7-27/h3-5,10,13-19,25,27,29-30,35-37,39H,1-2,6-9,11-12,20-21H2. The highest BCUT2D eigenvalue weighted by Crippen LogP contribution is 2.39. The number of allylic oxidation sites excluding steroid dienone is 1. The van der Waals surface area contributed by atoms with Gasteiger partial charge in [0, 0.05) is 30.1 Å². The molecule has 2 aromatic carbocycles. The molecule has 216 valence electrons. The van der Waals surface area contributed by atoms with Gasteiger partial charge >= 0.3 is 0 Å². The second-order valence-electron chi connectivity index (χ2n) is 11.4. The number of hydrogen-bond donors (Lipinski definition) is 4. The van der Waals surface area contributed by atoms with Gasteiger partial charge in [0.2, 0.25) is 0 Å². The SMILES string of the molecule is O=C(CCc1ccc(O)c(OC2CCCC2)c1)CC(=O)C1C=Cc2[nH]ccc2C1CC(O)CCc1cccc(O)c1. The lowest BCUT2D eigenvalue weighted by Gasteiger charge is -2.29. The number of hydrogen-bond acceptors (Lipinski definition) is 6. The van der Waals surface area contributed by atoms with E-state index < -0.39 is 12.0 Å². The molecule has 0 spiro atoms. The summed E-state index contributed by atoms with van der Waals surface area (Å²) in [5, 5.41) is 30.8. The summed E-state index contributed by atoms with van der Waals surface area (Å²) in [6.07, 6.45) is 11.3. The van der Waals surface area contributed by atoms with Crippen molar-refractivity contribution in [3.63, 3.8) is 0 Å². The minimum absolute atomic E-state index is 0.102. The number of phenolic OH excluding ortho intramolecular Hbond substituents is 2. The van der Waals surface area contributed by atoms with Crippen LogP contribution in [0.5, 0.6) is 17.2 Å². The van der Waals surface area contributed by atoms with Gasteiger partial charge < -0.3 is 25.0 Å². The van der Waals surface area contributed by atoms with Gasteiger partial charge in [0.25, 0.3) is 0 Å². The number of rotatable bonds is 13. The molecule has 0 aliphatic heterocycles. The number of Topliss-reactive ketones (excluding diaryl/α,β-unsaturated/α-hetero) is 2. The van der Waals surface area contributed by atoms with Crippen molar-refractivity contribution in [2.24, 2.45) is 5.92 Å². The predicted octanol–water partition coefficient (Wildman–Crippen LogP) is 6.02. The average molecular weight is 558 g/mol. The Hall–Kier alpha value is -3.84. The molecule has 0 amide bonds. The number of aliphatic hydroxyl groups is 1. The maximum absolute atomic E-state index is 13.4. The van der Waals surface area contributed by atoms with E-state index in [1.807, 2.05) is 30.5 Å². The van der Waals surface area contributed by atoms with Crippen LogP contribution in [0.15, 0.2) is 60.8 Å². The number of aliphatic hydroxyl groups excluding tert-OH is 1. The van der Waals surface area contributed by atoms with E-state index in [0.717, 1.165) is 48.1 Å². The summed E-state index contributed by atoms with van der Waals surface area (Å²) in [6, 6.07) is 14.2. The van der Waals surface area contributed by atoms with E-state index in [2.05, 4.69) is 4.98 Å². The minimum Gasteiger partial charge on any atom is -0.508 e. The van der Waals surface area contributed by atoms with Gasteiger partial charge in [0.1, 0.15) is 17.3 Å². The summed E-state index contributed by atoms with van der Waals surface area (Å²) in [6.45, 7) is 0. The van der Waals surface area contributed by atoms with E-state index in [9.17, 15) is 24.9 Å². The fourth-order valence-electron chi connectivity index (χ4n) is 6.13. The lowest BCUT2D eigenvalue weighted by Crippen LogP contribution is -2.28. The zero-order chi connectivity index (χ0) is 28.8. The van der Waals surface area contributed by atoms with Crippen LogP contribution in [0.3, 0.4) is 0 Å². The highest BCUT2D eigenvalue weighted by atomic mass is 16.5. The minimum atomic E-state index is -0.641. The van der Waals surface area contributed by atoms with Crippen LogP contribution in [0.4, 0.5) is 0 Å². The quantitative estimate of drug-likeness (QED) is 0.191. The van der Waals surface area contributed by atoms with Crippen LogP contribution < -0.4 is 4.74 Å². The molecule has 7 heteroatoms. The van der Waals surface area contributed by atoms with Crippen molar-refractivity contribution >= 4 is 17.6 Å². The number of benzene rings is 2. The Kier molecular flexibility index (Phi) is 9.24. The Balaban J connectivity index is 1.17. The molecule has 3 atom stereocenters. The lowest BCUT2D eigenvalue weighted by molar-refractivity contribution is -0.128. The molecule has 5 rings (SSSR count). The van der Waals surface area contributed by atoms with Gasteiger partial charge in [-0.1, -0.05) is 24.3 Å². The van der Waals surface area contributed by atoms with E-state index in [4.69, 9.17) is 4.74 Å². The largest absolute Gasteiger partial charge is 0.508 e. The van der Waals surface area contributed by atoms with Crippen molar-refractivity contribution in [2.75, 3.05) is 0 Å². The Morgan fingerprint density at radius 1 is 1.00 bits per heavy atom. The highest BCUT2D eigenvalue weighted by Gasteiger charge is 2.34. The number of fused-ring (bicyclic) bond motifs is 1. The van der Waals surface area contributed by atoms with Gasteiger partial charge in [0.05, 0.1) is 18.6 Å². The molecule has 4 N–H and O–H groups in total. The zero-order valence-electron chi connectivity index (χ0n) is 23.3. The van der Waals surface area contributed by atoms with Crippen molar-refractivity contribution < 1.29 is 29.6 Å². The molecular formula is C34H39NO6. The third-order valence-electron chi connectivity index (χ3n) is 8.37. The Labute approximate surface area is 240 Å². The second kappa shape index (κ2) is 13.2. The average Bonchev–Trinajstić information content (AvgIpc) is 3.65. The summed E-state index contributed by atoms with van der Waals surface area (Å²) >= 11 is 0. The van der Waals surface area contributed by atoms with Crippen molar-refractivity contribution in [3.05, 3.63) is 83.2 Å². The molecule has 0 bridgehead atoms. The smallest absolute Gasteiger partial charge is 0.161 e. The van der Waals surface area contributed by atoms with Crippen molar-refractivity contribution in [1.82, 2.24) is 4.98 Å². The van der Waals surface area contributed by atoms with Crippen LogP contribution in [0.25, 0.3) is 6.08 Å². The number of phenols is 2. The molecule has 2 aliphatic rings. The predicted molar refractivity (Wildman–Crippen MR) is 157 cm³/mol. The Morgan fingerprint density at radius 2 is 1.80 bits per heavy atom. The molecule has 1 fully saturated rings. The van der Waals surface area contributed by atoms with E-state index >= 15 is 0 Å². The molecule has 3 aromatic rings. The first-order valence-corrected chi connectivity index (χ1v) is 14.7. The van der Waals surface area contributed by atoms with Crippen molar-refractivity contribution in [2.45, 2.75) is 82.3 Å². The lowest BCUT2D eigenvalue weighted by atomic mass is 9.75. The summed E-state index contributed by atoms with van der Waals surface area (Å²) < 4.78 is 5.98. The number of ether oxygens (including phenoxy) is 1. The monoisotopic (exact) mass is 557 g/mol. The molecule has 1 saturated carbocycles. The molecule has 41 heavy (non-hydrogen) atoms. The molecule has 7 nitrogen and oxygen atoms in total. The molecule has 0 radical (unpaired) electrons. The summed E-state index contributed by atoms with van der Waals surface area (Å²) in [4.78, 5) is 29.5. The fraction of sp³-hybridized carbons (Fsp3) is 0.412. The van der Waals surface area contributed by atoms with Crippen LogP contribution >= 0.6 is 0 Å². The molecule has 1 heterocycles. The van der Waals surface area contributed by atoms with Gasteiger partial charge in [-0.3, -0.25) is 9.59 Å². The van der Waals surface area contributed by atoms with Crippen LogP contribution in [-0.4, -0.2) is 44.1 Å². The summed E-state index contributed by atoms with van der Waals surface area (Å²) in [7, 11) is 0. The van der Waals surface area contributed by atoms with Gasteiger partial charge in [-0.2, -0.15) is 0 Å². The molecule has 0 saturated heterocycles. The van der Waals surface area contributed by atoms with Gasteiger partial charge in [-0.15, -0.1) is 0 Å². The van der Waals surface area contributed by atoms with E-state index in [1.165, 1.54) is 0 Å². The van der Waals surface area contributed by atoms with Gasteiger partial charge in [-0.05, 0) is 104 Å². The second-order valence-corrected chi connectivity index (χ2v) is 11.4. The van der Waals surface area contributed by atoms with E-state index in [0.29, 0.717) is 31.4 Å². The first kappa shape index (κ1) is 28.7. The van der Waals surface area contributed by atoms with Crippen molar-refractivity contribution in [1.29, 1.82) is 0 Å². The number of aromatic nitrogens is 1. The Morgan fingerprint density at radius 3 is 2.61 bits per heavy atom. The maximum atomic E-state index is 13.4. The van der Waals surface area contributed by atoms with Crippen molar-refractivity contribution in [3.8, 4) is 17.2 Å². The molecule has 2 aliphatic carbocycles. The van der Waals surface area contributed by atoms with Gasteiger partial charge in [0.15, 0.2) is 11.5 Å². The number of carbonyl (C=O) groups is 2. The molecular weight excluding hydrogens is 518 g/mol. The fourth-order valence-corrected chi connectivity index (χ4v) is 6.13. The summed E-state index contributed by atoms with van der Waals surface area (Å²) in [5.41, 5.74) is 3.74. The number of carbonyl (C=O) groups excluding carboxylic acids is 2. The third-order valence-corrected chi connectivity index (χ3v) is 8.37. The Bertz CT molecular complexity index is 1390. The number of nitrogens with one attached hydrogen (secondary N) is 1. The summed E-state index contributed by atoms with van der Waals surface area (Å²) in [5.74, 6) is -0.226. The van der Waals surface area contributed by atoms with Crippen LogP contribution in [-0.2, 0) is 22.4 Å². The first-order valence-electron chi connectivity index (χ1n) is 14.7. The van der Waals surface area contributed by atoms with E-state index in [-0.39, 0.29) is 47.9 Å².